The summed E-state index contributed by atoms with van der Waals surface area (Å²) in [5.74, 6) is 2.67. The lowest BCUT2D eigenvalue weighted by molar-refractivity contribution is 0.0279. The molecule has 1 aromatic carbocycles. The minimum absolute atomic E-state index is 0.149. The van der Waals surface area contributed by atoms with Gasteiger partial charge in [-0.05, 0) is 60.0 Å². The number of benzene rings is 1. The minimum atomic E-state index is -0.217. The number of methoxy groups -OCH3 is 1. The zero-order chi connectivity index (χ0) is 26.0. The van der Waals surface area contributed by atoms with Gasteiger partial charge in [-0.3, -0.25) is 0 Å². The molecule has 0 aromatic heterocycles. The van der Waals surface area contributed by atoms with Crippen LogP contribution in [0.1, 0.15) is 66.4 Å². The Morgan fingerprint density at radius 2 is 1.83 bits per heavy atom. The van der Waals surface area contributed by atoms with Crippen molar-refractivity contribution in [3.63, 3.8) is 0 Å². The molecule has 1 aliphatic heterocycles. The molecular formula is C31H48FNO2. The summed E-state index contributed by atoms with van der Waals surface area (Å²) in [5.41, 5.74) is 1.82. The summed E-state index contributed by atoms with van der Waals surface area (Å²) in [7, 11) is 1.83. The summed E-state index contributed by atoms with van der Waals surface area (Å²) in [5, 5.41) is 10.5. The Bertz CT molecular complexity index is 884. The van der Waals surface area contributed by atoms with Crippen LogP contribution in [0.2, 0.25) is 0 Å². The second-order valence-corrected chi connectivity index (χ2v) is 11.6. The highest BCUT2D eigenvalue weighted by atomic mass is 19.1. The van der Waals surface area contributed by atoms with Crippen molar-refractivity contribution in [2.24, 2.45) is 41.4 Å². The smallest absolute Gasteiger partial charge is 0.126 e. The van der Waals surface area contributed by atoms with Crippen LogP contribution in [-0.4, -0.2) is 35.3 Å². The van der Waals surface area contributed by atoms with Gasteiger partial charge in [0.25, 0.3) is 0 Å². The predicted molar refractivity (Wildman–Crippen MR) is 144 cm³/mol. The summed E-state index contributed by atoms with van der Waals surface area (Å²) in [6, 6.07) is 7.78. The highest BCUT2D eigenvalue weighted by molar-refractivity contribution is 5.21. The average Bonchev–Trinajstić information content (AvgIpc) is 3.27. The molecule has 35 heavy (non-hydrogen) atoms. The first kappa shape index (κ1) is 27.8. The summed E-state index contributed by atoms with van der Waals surface area (Å²) in [6.45, 7) is 22.1. The number of halogens is 1. The van der Waals surface area contributed by atoms with Crippen LogP contribution in [0.15, 0.2) is 48.9 Å². The van der Waals surface area contributed by atoms with E-state index in [1.165, 1.54) is 11.8 Å². The molecule has 10 unspecified atom stereocenters. The van der Waals surface area contributed by atoms with E-state index >= 15 is 0 Å². The first-order valence-electron chi connectivity index (χ1n) is 13.6. The zero-order valence-corrected chi connectivity index (χ0v) is 23.0. The molecule has 0 bridgehead atoms. The first-order chi connectivity index (χ1) is 16.5. The Labute approximate surface area is 213 Å². The van der Waals surface area contributed by atoms with Gasteiger partial charge in [-0.2, -0.15) is 0 Å². The highest BCUT2D eigenvalue weighted by Crippen LogP contribution is 2.57. The Balaban J connectivity index is 1.77. The van der Waals surface area contributed by atoms with Crippen molar-refractivity contribution in [1.82, 2.24) is 4.90 Å². The second kappa shape index (κ2) is 11.5. The van der Waals surface area contributed by atoms with Crippen molar-refractivity contribution in [1.29, 1.82) is 0 Å². The molecule has 196 valence electrons. The van der Waals surface area contributed by atoms with Gasteiger partial charge in [0.15, 0.2) is 0 Å². The van der Waals surface area contributed by atoms with Crippen molar-refractivity contribution < 1.29 is 14.2 Å². The molecule has 3 rings (SSSR count). The third-order valence-corrected chi connectivity index (χ3v) is 9.83. The molecule has 2 aliphatic rings. The molecule has 3 nitrogen and oxygen atoms in total. The van der Waals surface area contributed by atoms with Crippen LogP contribution in [0.5, 0.6) is 0 Å². The van der Waals surface area contributed by atoms with Gasteiger partial charge < -0.3 is 14.7 Å². The van der Waals surface area contributed by atoms with Crippen LogP contribution >= 0.6 is 0 Å². The molecule has 0 amide bonds. The molecular weight excluding hydrogens is 437 g/mol. The number of hydrogen-bond donors (Lipinski definition) is 1. The summed E-state index contributed by atoms with van der Waals surface area (Å²) >= 11 is 0. The molecule has 0 radical (unpaired) electrons. The maximum atomic E-state index is 14.4. The van der Waals surface area contributed by atoms with E-state index in [0.29, 0.717) is 53.7 Å². The molecule has 1 aromatic rings. The van der Waals surface area contributed by atoms with Crippen molar-refractivity contribution in [3.8, 4) is 0 Å². The normalized spacial score (nSPS) is 28.5. The van der Waals surface area contributed by atoms with Crippen LogP contribution < -0.4 is 0 Å². The number of rotatable bonds is 13. The molecule has 2 fully saturated rings. The lowest BCUT2D eigenvalue weighted by Gasteiger charge is -2.41. The van der Waals surface area contributed by atoms with Crippen molar-refractivity contribution >= 4 is 0 Å². The van der Waals surface area contributed by atoms with Gasteiger partial charge in [-0.1, -0.05) is 79.3 Å². The van der Waals surface area contributed by atoms with E-state index in [9.17, 15) is 9.50 Å². The molecule has 10 atom stereocenters. The zero-order valence-electron chi connectivity index (χ0n) is 23.0. The summed E-state index contributed by atoms with van der Waals surface area (Å²) < 4.78 is 20.4. The predicted octanol–water partition coefficient (Wildman–Crippen LogP) is 7.64. The number of fused-ring (bicyclic) bond motifs is 1. The summed E-state index contributed by atoms with van der Waals surface area (Å²) in [6.07, 6.45) is 3.76. The van der Waals surface area contributed by atoms with Gasteiger partial charge in [-0.15, -0.1) is 0 Å². The first-order valence-corrected chi connectivity index (χ1v) is 13.6. The van der Waals surface area contributed by atoms with Crippen LogP contribution in [0.3, 0.4) is 0 Å². The van der Waals surface area contributed by atoms with Gasteiger partial charge >= 0.3 is 0 Å². The molecule has 1 saturated carbocycles. The van der Waals surface area contributed by atoms with E-state index in [2.05, 4.69) is 59.6 Å². The Kier molecular flexibility index (Phi) is 9.12. The molecule has 4 heteroatoms. The fourth-order valence-electron chi connectivity index (χ4n) is 6.65. The lowest BCUT2D eigenvalue weighted by Crippen LogP contribution is -2.43. The highest BCUT2D eigenvalue weighted by Gasteiger charge is 2.60. The standard InChI is InChI=1S/C31H48FNO2/c1-10-18(2)20(4)30(35-9)15-19(3)33-29(17-27-23(7)31(27)33)22(6)21(5)26(24(8)34)16-25-13-11-12-14-28(25)32/h11-14,18,20-23,26-27,29-31,34H,3,8,10,15-17H2,1-2,4-7,9H3. The van der Waals surface area contributed by atoms with E-state index in [0.717, 1.165) is 19.3 Å². The van der Waals surface area contributed by atoms with E-state index in [1.54, 1.807) is 6.07 Å². The number of aliphatic hydroxyl groups is 1. The van der Waals surface area contributed by atoms with Gasteiger partial charge in [0, 0.05) is 37.2 Å². The molecule has 1 saturated heterocycles. The van der Waals surface area contributed by atoms with Crippen LogP contribution in [-0.2, 0) is 11.2 Å². The second-order valence-electron chi connectivity index (χ2n) is 11.6. The number of allylic oxidation sites excluding steroid dienone is 1. The van der Waals surface area contributed by atoms with Crippen molar-refractivity contribution in [2.75, 3.05) is 7.11 Å². The van der Waals surface area contributed by atoms with E-state index in [-0.39, 0.29) is 29.5 Å². The van der Waals surface area contributed by atoms with Crippen LogP contribution in [0, 0.1) is 47.2 Å². The van der Waals surface area contributed by atoms with E-state index < -0.39 is 0 Å². The molecule has 1 heterocycles. The topological polar surface area (TPSA) is 32.7 Å². The average molecular weight is 486 g/mol. The van der Waals surface area contributed by atoms with Crippen molar-refractivity contribution in [2.45, 2.75) is 85.4 Å². The van der Waals surface area contributed by atoms with Gasteiger partial charge in [0.2, 0.25) is 0 Å². The Morgan fingerprint density at radius 1 is 1.17 bits per heavy atom. The summed E-state index contributed by atoms with van der Waals surface area (Å²) in [4.78, 5) is 2.60. The number of likely N-dealkylation sites (tertiary alicyclic amines) is 1. The lowest BCUT2D eigenvalue weighted by atomic mass is 9.75. The third-order valence-electron chi connectivity index (χ3n) is 9.83. The quantitative estimate of drug-likeness (QED) is 0.291. The van der Waals surface area contributed by atoms with E-state index in [4.69, 9.17) is 4.74 Å². The van der Waals surface area contributed by atoms with Gasteiger partial charge in [-0.25, -0.2) is 4.39 Å². The third kappa shape index (κ3) is 5.79. The number of piperidine rings is 1. The number of nitrogens with zero attached hydrogens (tertiary/aromatic N) is 1. The maximum absolute atomic E-state index is 14.4. The van der Waals surface area contributed by atoms with Gasteiger partial charge in [0.1, 0.15) is 5.82 Å². The van der Waals surface area contributed by atoms with Crippen LogP contribution in [0.4, 0.5) is 4.39 Å². The van der Waals surface area contributed by atoms with Crippen molar-refractivity contribution in [3.05, 3.63) is 60.3 Å². The molecule has 1 aliphatic carbocycles. The number of aliphatic hydroxyl groups excluding tert-OH is 1. The monoisotopic (exact) mass is 485 g/mol. The van der Waals surface area contributed by atoms with Gasteiger partial charge in [0.05, 0.1) is 11.9 Å². The number of hydrogen-bond acceptors (Lipinski definition) is 3. The SMILES string of the molecule is C=C(O)C(Cc1ccccc1F)C(C)C(C)C1CC2C(C)C2N1C(=C)CC(OC)C(C)C(C)CC. The minimum Gasteiger partial charge on any atom is -0.513 e. The largest absolute Gasteiger partial charge is 0.513 e. The fourth-order valence-corrected chi connectivity index (χ4v) is 6.65. The Morgan fingerprint density at radius 3 is 2.40 bits per heavy atom. The fraction of sp³-hybridized carbons (Fsp3) is 0.677. The van der Waals surface area contributed by atoms with E-state index in [1.807, 2.05) is 19.2 Å². The Hall–Kier alpha value is -1.81. The molecule has 1 N–H and O–H groups in total. The maximum Gasteiger partial charge on any atom is 0.126 e. The number of ether oxygens (including phenoxy) is 1. The van der Waals surface area contributed by atoms with Crippen LogP contribution in [0.25, 0.3) is 0 Å². The molecule has 0 spiro atoms.